The third kappa shape index (κ3) is 3.82. The molecule has 1 heterocycles. The molecule has 0 aromatic heterocycles. The molecule has 0 amide bonds. The van der Waals surface area contributed by atoms with Gasteiger partial charge in [0.2, 0.25) is 0 Å². The Morgan fingerprint density at radius 1 is 0.826 bits per heavy atom. The second-order valence-corrected chi connectivity index (χ2v) is 6.23. The summed E-state index contributed by atoms with van der Waals surface area (Å²) in [5.74, 6) is 6.42. The zero-order chi connectivity index (χ0) is 16.0. The van der Waals surface area contributed by atoms with Crippen molar-refractivity contribution in [2.24, 2.45) is 0 Å². The van der Waals surface area contributed by atoms with Gasteiger partial charge < -0.3 is 10.0 Å². The van der Waals surface area contributed by atoms with Crippen LogP contribution in [0.3, 0.4) is 0 Å². The van der Waals surface area contributed by atoms with E-state index in [1.165, 1.54) is 37.3 Å². The molecule has 1 aliphatic rings. The molecule has 1 aliphatic heterocycles. The second kappa shape index (κ2) is 7.46. The number of hydrogen-bond donors (Lipinski definition) is 2. The number of quaternary nitrogens is 1. The van der Waals surface area contributed by atoms with E-state index in [-0.39, 0.29) is 0 Å². The number of aliphatic hydroxyl groups is 1. The number of rotatable bonds is 3. The molecule has 1 saturated heterocycles. The predicted molar refractivity (Wildman–Crippen MR) is 93.1 cm³/mol. The van der Waals surface area contributed by atoms with Crippen LogP contribution >= 0.6 is 0 Å². The summed E-state index contributed by atoms with van der Waals surface area (Å²) in [6.07, 6.45) is 3.92. The minimum absolute atomic E-state index is 0.808. The monoisotopic (exact) mass is 306 g/mol. The van der Waals surface area contributed by atoms with E-state index in [0.29, 0.717) is 0 Å². The fourth-order valence-corrected chi connectivity index (χ4v) is 3.20. The SMILES string of the molecule is OC(C#CC[NH+]1CCCCC1)(c1ccccc1)c1ccccc1. The zero-order valence-electron chi connectivity index (χ0n) is 13.5. The van der Waals surface area contributed by atoms with Gasteiger partial charge in [-0.1, -0.05) is 66.6 Å². The molecule has 0 atom stereocenters. The van der Waals surface area contributed by atoms with Crippen molar-refractivity contribution >= 4 is 0 Å². The maximum absolute atomic E-state index is 11.3. The van der Waals surface area contributed by atoms with Crippen molar-refractivity contribution in [1.82, 2.24) is 0 Å². The van der Waals surface area contributed by atoms with Gasteiger partial charge in [-0.05, 0) is 25.2 Å². The van der Waals surface area contributed by atoms with Crippen LogP contribution in [0, 0.1) is 11.8 Å². The summed E-state index contributed by atoms with van der Waals surface area (Å²) in [6.45, 7) is 3.20. The van der Waals surface area contributed by atoms with E-state index >= 15 is 0 Å². The third-order valence-corrected chi connectivity index (χ3v) is 4.55. The smallest absolute Gasteiger partial charge is 0.177 e. The molecule has 2 nitrogen and oxygen atoms in total. The fourth-order valence-electron chi connectivity index (χ4n) is 3.20. The van der Waals surface area contributed by atoms with Gasteiger partial charge in [0.1, 0.15) is 6.54 Å². The number of hydrogen-bond acceptors (Lipinski definition) is 1. The molecular formula is C21H24NO+. The molecule has 2 N–H and O–H groups in total. The lowest BCUT2D eigenvalue weighted by atomic mass is 9.87. The lowest BCUT2D eigenvalue weighted by Gasteiger charge is -2.24. The summed E-state index contributed by atoms with van der Waals surface area (Å²) in [7, 11) is 0. The number of piperidine rings is 1. The van der Waals surface area contributed by atoms with Gasteiger partial charge in [0.15, 0.2) is 5.60 Å². The molecule has 2 heteroatoms. The molecule has 118 valence electrons. The van der Waals surface area contributed by atoms with Gasteiger partial charge in [-0.3, -0.25) is 0 Å². The van der Waals surface area contributed by atoms with Crippen LogP contribution in [0.25, 0.3) is 0 Å². The Balaban J connectivity index is 1.87. The number of likely N-dealkylation sites (tertiary alicyclic amines) is 1. The highest BCUT2D eigenvalue weighted by molar-refractivity contribution is 5.44. The summed E-state index contributed by atoms with van der Waals surface area (Å²) in [4.78, 5) is 1.53. The Labute approximate surface area is 138 Å². The molecule has 2 aromatic rings. The Kier molecular flexibility index (Phi) is 5.12. The van der Waals surface area contributed by atoms with E-state index < -0.39 is 5.60 Å². The van der Waals surface area contributed by atoms with Gasteiger partial charge in [0.05, 0.1) is 13.1 Å². The van der Waals surface area contributed by atoms with Crippen LogP contribution in [-0.2, 0) is 5.60 Å². The normalized spacial score (nSPS) is 15.7. The molecular weight excluding hydrogens is 282 g/mol. The molecule has 0 bridgehead atoms. The molecule has 2 aromatic carbocycles. The maximum Gasteiger partial charge on any atom is 0.177 e. The molecule has 23 heavy (non-hydrogen) atoms. The molecule has 0 spiro atoms. The van der Waals surface area contributed by atoms with E-state index in [2.05, 4.69) is 11.8 Å². The summed E-state index contributed by atoms with van der Waals surface area (Å²) in [5, 5.41) is 11.3. The first kappa shape index (κ1) is 15.8. The quantitative estimate of drug-likeness (QED) is 0.833. The molecule has 3 rings (SSSR count). The van der Waals surface area contributed by atoms with E-state index in [9.17, 15) is 5.11 Å². The second-order valence-electron chi connectivity index (χ2n) is 6.23. The van der Waals surface area contributed by atoms with Crippen LogP contribution < -0.4 is 4.90 Å². The van der Waals surface area contributed by atoms with E-state index in [1.807, 2.05) is 60.7 Å². The first-order valence-electron chi connectivity index (χ1n) is 8.46. The lowest BCUT2D eigenvalue weighted by molar-refractivity contribution is -0.897. The molecule has 0 unspecified atom stereocenters. The number of benzene rings is 2. The predicted octanol–water partition coefficient (Wildman–Crippen LogP) is 1.99. The molecule has 0 radical (unpaired) electrons. The lowest BCUT2D eigenvalue weighted by Crippen LogP contribution is -3.12. The fraction of sp³-hybridized carbons (Fsp3) is 0.333. The first-order chi connectivity index (χ1) is 11.3. The van der Waals surface area contributed by atoms with E-state index in [0.717, 1.165) is 17.7 Å². The molecule has 1 fully saturated rings. The van der Waals surface area contributed by atoms with Crippen molar-refractivity contribution in [3.05, 3.63) is 71.8 Å². The van der Waals surface area contributed by atoms with Gasteiger partial charge in [0.25, 0.3) is 0 Å². The summed E-state index contributed by atoms with van der Waals surface area (Å²) < 4.78 is 0. The van der Waals surface area contributed by atoms with Crippen LogP contribution in [0.15, 0.2) is 60.7 Å². The summed E-state index contributed by atoms with van der Waals surface area (Å²) in [5.41, 5.74) is 0.414. The highest BCUT2D eigenvalue weighted by Gasteiger charge is 2.29. The van der Waals surface area contributed by atoms with Crippen molar-refractivity contribution in [2.75, 3.05) is 19.6 Å². The number of nitrogens with one attached hydrogen (secondary N) is 1. The van der Waals surface area contributed by atoms with Crippen molar-refractivity contribution in [2.45, 2.75) is 24.9 Å². The Hall–Kier alpha value is -2.08. The van der Waals surface area contributed by atoms with Gasteiger partial charge in [-0.25, -0.2) is 0 Å². The Morgan fingerprint density at radius 2 is 1.35 bits per heavy atom. The van der Waals surface area contributed by atoms with E-state index in [1.54, 1.807) is 0 Å². The minimum atomic E-state index is -1.24. The largest absolute Gasteiger partial charge is 0.369 e. The first-order valence-corrected chi connectivity index (χ1v) is 8.46. The van der Waals surface area contributed by atoms with Gasteiger partial charge >= 0.3 is 0 Å². The van der Waals surface area contributed by atoms with Crippen LogP contribution in [0.5, 0.6) is 0 Å². The van der Waals surface area contributed by atoms with Crippen LogP contribution in [0.1, 0.15) is 30.4 Å². The average Bonchev–Trinajstić information content (AvgIpc) is 2.64. The Morgan fingerprint density at radius 3 is 1.87 bits per heavy atom. The van der Waals surface area contributed by atoms with Crippen molar-refractivity contribution in [3.8, 4) is 11.8 Å². The van der Waals surface area contributed by atoms with E-state index in [4.69, 9.17) is 0 Å². The minimum Gasteiger partial charge on any atom is -0.369 e. The van der Waals surface area contributed by atoms with Crippen molar-refractivity contribution in [1.29, 1.82) is 0 Å². The van der Waals surface area contributed by atoms with Crippen molar-refractivity contribution in [3.63, 3.8) is 0 Å². The molecule has 0 saturated carbocycles. The van der Waals surface area contributed by atoms with Gasteiger partial charge in [-0.15, -0.1) is 0 Å². The topological polar surface area (TPSA) is 24.7 Å². The van der Waals surface area contributed by atoms with Crippen LogP contribution in [-0.4, -0.2) is 24.7 Å². The highest BCUT2D eigenvalue weighted by atomic mass is 16.3. The summed E-state index contributed by atoms with van der Waals surface area (Å²) in [6, 6.07) is 19.5. The molecule has 0 aliphatic carbocycles. The van der Waals surface area contributed by atoms with Crippen LogP contribution in [0.4, 0.5) is 0 Å². The third-order valence-electron chi connectivity index (χ3n) is 4.55. The van der Waals surface area contributed by atoms with Gasteiger partial charge in [-0.2, -0.15) is 0 Å². The zero-order valence-corrected chi connectivity index (χ0v) is 13.5. The standard InChI is InChI=1S/C21H23NO/c23-21(19-11-4-1-5-12-19,20-13-6-2-7-14-20)15-10-18-22-16-8-3-9-17-22/h1-2,4-7,11-14,23H,3,8-9,16-18H2/p+1. The van der Waals surface area contributed by atoms with Crippen molar-refractivity contribution < 1.29 is 10.0 Å². The average molecular weight is 306 g/mol. The highest BCUT2D eigenvalue weighted by Crippen LogP contribution is 2.28. The maximum atomic E-state index is 11.3. The Bertz CT molecular complexity index is 624. The summed E-state index contributed by atoms with van der Waals surface area (Å²) >= 11 is 0. The van der Waals surface area contributed by atoms with Gasteiger partial charge in [0, 0.05) is 11.1 Å². The van der Waals surface area contributed by atoms with Crippen LogP contribution in [0.2, 0.25) is 0 Å².